The first-order chi connectivity index (χ1) is 8.51. The Kier molecular flexibility index (Phi) is 5.70. The van der Waals surface area contributed by atoms with E-state index in [2.05, 4.69) is 27.7 Å². The highest BCUT2D eigenvalue weighted by Crippen LogP contribution is 2.32. The van der Waals surface area contributed by atoms with Crippen LogP contribution in [0, 0.1) is 5.92 Å². The van der Waals surface area contributed by atoms with E-state index < -0.39 is 0 Å². The second-order valence-electron chi connectivity index (χ2n) is 5.74. The molecule has 104 valence electrons. The van der Waals surface area contributed by atoms with Crippen LogP contribution >= 0.6 is 0 Å². The lowest BCUT2D eigenvalue weighted by Gasteiger charge is -2.15. The predicted molar refractivity (Wildman–Crippen MR) is 78.7 cm³/mol. The molecule has 2 N–H and O–H groups in total. The van der Waals surface area contributed by atoms with E-state index in [-0.39, 0.29) is 0 Å². The number of hydrogen-bond donors (Lipinski definition) is 1. The second-order valence-corrected chi connectivity index (χ2v) is 5.74. The molecule has 0 radical (unpaired) electrons. The average molecular weight is 251 g/mol. The Morgan fingerprint density at radius 3 is 2.17 bits per heavy atom. The predicted octanol–water partition coefficient (Wildman–Crippen LogP) is 3.88. The van der Waals surface area contributed by atoms with Gasteiger partial charge in [0.25, 0.3) is 0 Å². The van der Waals surface area contributed by atoms with Crippen LogP contribution in [0.15, 0.2) is 0 Å². The lowest BCUT2D eigenvalue weighted by Crippen LogP contribution is -2.06. The molecule has 1 aromatic rings. The van der Waals surface area contributed by atoms with Crippen molar-refractivity contribution in [2.75, 3.05) is 5.73 Å². The molecule has 0 atom stereocenters. The maximum absolute atomic E-state index is 6.18. The van der Waals surface area contributed by atoms with Crippen molar-refractivity contribution >= 4 is 5.82 Å². The Bertz CT molecular complexity index is 360. The molecule has 0 saturated carbocycles. The van der Waals surface area contributed by atoms with Crippen LogP contribution in [0.2, 0.25) is 0 Å². The molecule has 1 aromatic heterocycles. The highest BCUT2D eigenvalue weighted by molar-refractivity contribution is 5.45. The normalized spacial score (nSPS) is 11.7. The smallest absolute Gasteiger partial charge is 0.124 e. The molecule has 0 aliphatic heterocycles. The van der Waals surface area contributed by atoms with Crippen molar-refractivity contribution in [2.45, 2.75) is 65.7 Å². The summed E-state index contributed by atoms with van der Waals surface area (Å²) in [6.07, 6.45) is 5.90. The fraction of sp³-hybridized carbons (Fsp3) is 0.800. The van der Waals surface area contributed by atoms with E-state index in [1.807, 2.05) is 11.7 Å². The maximum Gasteiger partial charge on any atom is 0.124 e. The second kappa shape index (κ2) is 6.81. The Morgan fingerprint density at radius 2 is 1.72 bits per heavy atom. The van der Waals surface area contributed by atoms with Gasteiger partial charge in [0.15, 0.2) is 0 Å². The zero-order chi connectivity index (χ0) is 13.7. The van der Waals surface area contributed by atoms with Crippen molar-refractivity contribution in [3.63, 3.8) is 0 Å². The van der Waals surface area contributed by atoms with Crippen LogP contribution in [-0.4, -0.2) is 9.78 Å². The molecule has 0 aromatic carbocycles. The average Bonchev–Trinajstić information content (AvgIpc) is 2.56. The number of rotatable bonds is 7. The molecule has 3 nitrogen and oxygen atoms in total. The van der Waals surface area contributed by atoms with E-state index in [1.165, 1.54) is 36.9 Å². The molecular formula is C15H29N3. The number of nitrogen functional groups attached to an aromatic ring is 1. The van der Waals surface area contributed by atoms with Crippen molar-refractivity contribution in [2.24, 2.45) is 13.0 Å². The first kappa shape index (κ1) is 15.1. The van der Waals surface area contributed by atoms with Crippen molar-refractivity contribution in [1.82, 2.24) is 9.78 Å². The molecule has 18 heavy (non-hydrogen) atoms. The van der Waals surface area contributed by atoms with Crippen LogP contribution in [-0.2, 0) is 13.5 Å². The zero-order valence-corrected chi connectivity index (χ0v) is 12.7. The van der Waals surface area contributed by atoms with E-state index in [0.29, 0.717) is 11.8 Å². The van der Waals surface area contributed by atoms with Gasteiger partial charge in [-0.1, -0.05) is 40.5 Å². The Hall–Kier alpha value is -0.990. The number of aryl methyl sites for hydroxylation is 1. The summed E-state index contributed by atoms with van der Waals surface area (Å²) in [5.74, 6) is 2.06. The van der Waals surface area contributed by atoms with Crippen LogP contribution in [0.4, 0.5) is 5.82 Å². The summed E-state index contributed by atoms with van der Waals surface area (Å²) in [5, 5.41) is 4.69. The molecule has 0 aliphatic rings. The van der Waals surface area contributed by atoms with E-state index in [0.717, 1.165) is 12.2 Å². The van der Waals surface area contributed by atoms with Crippen LogP contribution in [0.3, 0.4) is 0 Å². The first-order valence-corrected chi connectivity index (χ1v) is 7.32. The largest absolute Gasteiger partial charge is 0.384 e. The third-order valence-corrected chi connectivity index (χ3v) is 3.50. The minimum Gasteiger partial charge on any atom is -0.384 e. The van der Waals surface area contributed by atoms with Gasteiger partial charge in [0, 0.05) is 18.5 Å². The van der Waals surface area contributed by atoms with Gasteiger partial charge >= 0.3 is 0 Å². The number of anilines is 1. The Labute approximate surface area is 112 Å². The molecule has 0 aliphatic carbocycles. The molecule has 0 amide bonds. The van der Waals surface area contributed by atoms with E-state index in [1.54, 1.807) is 0 Å². The summed E-state index contributed by atoms with van der Waals surface area (Å²) in [6.45, 7) is 8.98. The fourth-order valence-electron chi connectivity index (χ4n) is 2.66. The first-order valence-electron chi connectivity index (χ1n) is 7.32. The monoisotopic (exact) mass is 251 g/mol. The lowest BCUT2D eigenvalue weighted by atomic mass is 9.90. The molecule has 0 fully saturated rings. The summed E-state index contributed by atoms with van der Waals surface area (Å²) in [4.78, 5) is 0. The maximum atomic E-state index is 6.18. The quantitative estimate of drug-likeness (QED) is 0.799. The fourth-order valence-corrected chi connectivity index (χ4v) is 2.66. The van der Waals surface area contributed by atoms with E-state index in [4.69, 9.17) is 10.8 Å². The summed E-state index contributed by atoms with van der Waals surface area (Å²) in [5.41, 5.74) is 8.73. The molecule has 0 spiro atoms. The SMILES string of the molecule is CCCC(CCC)c1nn(C)c(N)c1CC(C)C. The third kappa shape index (κ3) is 3.50. The third-order valence-electron chi connectivity index (χ3n) is 3.50. The zero-order valence-electron chi connectivity index (χ0n) is 12.7. The van der Waals surface area contributed by atoms with E-state index >= 15 is 0 Å². The van der Waals surface area contributed by atoms with Gasteiger partial charge in [-0.3, -0.25) is 4.68 Å². The lowest BCUT2D eigenvalue weighted by molar-refractivity contribution is 0.531. The van der Waals surface area contributed by atoms with Gasteiger partial charge in [-0.05, 0) is 25.2 Å². The standard InChI is InChI=1S/C15H29N3/c1-6-8-12(9-7-2)14-13(10-11(3)4)15(16)18(5)17-14/h11-12H,6-10,16H2,1-5H3. The van der Waals surface area contributed by atoms with Crippen molar-refractivity contribution in [3.05, 3.63) is 11.3 Å². The van der Waals surface area contributed by atoms with Gasteiger partial charge in [0.2, 0.25) is 0 Å². The summed E-state index contributed by atoms with van der Waals surface area (Å²) in [7, 11) is 1.96. The molecule has 0 saturated heterocycles. The molecule has 0 bridgehead atoms. The van der Waals surface area contributed by atoms with Crippen molar-refractivity contribution in [1.29, 1.82) is 0 Å². The van der Waals surface area contributed by atoms with Gasteiger partial charge in [-0.25, -0.2) is 0 Å². The number of hydrogen-bond acceptors (Lipinski definition) is 2. The molecule has 0 unspecified atom stereocenters. The molecule has 1 rings (SSSR count). The van der Waals surface area contributed by atoms with Gasteiger partial charge < -0.3 is 5.73 Å². The minimum atomic E-state index is 0.581. The number of nitrogens with two attached hydrogens (primary N) is 1. The molecule has 3 heteroatoms. The van der Waals surface area contributed by atoms with Crippen molar-refractivity contribution in [3.8, 4) is 0 Å². The topological polar surface area (TPSA) is 43.8 Å². The van der Waals surface area contributed by atoms with E-state index in [9.17, 15) is 0 Å². The van der Waals surface area contributed by atoms with Gasteiger partial charge in [-0.2, -0.15) is 5.10 Å². The van der Waals surface area contributed by atoms with Crippen LogP contribution < -0.4 is 5.73 Å². The highest BCUT2D eigenvalue weighted by Gasteiger charge is 2.21. The van der Waals surface area contributed by atoms with Gasteiger partial charge in [0.1, 0.15) is 5.82 Å². The van der Waals surface area contributed by atoms with Crippen LogP contribution in [0.5, 0.6) is 0 Å². The van der Waals surface area contributed by atoms with Crippen molar-refractivity contribution < 1.29 is 0 Å². The molecular weight excluding hydrogens is 222 g/mol. The summed E-state index contributed by atoms with van der Waals surface area (Å²) in [6, 6.07) is 0. The number of aromatic nitrogens is 2. The van der Waals surface area contributed by atoms with Gasteiger partial charge in [0.05, 0.1) is 5.69 Å². The summed E-state index contributed by atoms with van der Waals surface area (Å²) >= 11 is 0. The Morgan fingerprint density at radius 1 is 1.17 bits per heavy atom. The van der Waals surface area contributed by atoms with Crippen LogP contribution in [0.1, 0.15) is 70.6 Å². The minimum absolute atomic E-state index is 0.581. The summed E-state index contributed by atoms with van der Waals surface area (Å²) < 4.78 is 1.85. The van der Waals surface area contributed by atoms with Gasteiger partial charge in [-0.15, -0.1) is 0 Å². The molecule has 1 heterocycles. The Balaban J connectivity index is 3.07. The van der Waals surface area contributed by atoms with Crippen LogP contribution in [0.25, 0.3) is 0 Å². The number of nitrogens with zero attached hydrogens (tertiary/aromatic N) is 2. The highest BCUT2D eigenvalue weighted by atomic mass is 15.3.